The topological polar surface area (TPSA) is 87.0 Å². The third kappa shape index (κ3) is 4.42. The first kappa shape index (κ1) is 23.9. The third-order valence-corrected chi connectivity index (χ3v) is 6.17. The Bertz CT molecular complexity index is 1170. The molecule has 0 saturated carbocycles. The summed E-state index contributed by atoms with van der Waals surface area (Å²) in [5.74, 6) is -1.66. The smallest absolute Gasteiger partial charge is 0.363 e. The Kier molecular flexibility index (Phi) is 6.21. The lowest BCUT2D eigenvalue weighted by atomic mass is 10.1. The van der Waals surface area contributed by atoms with Crippen LogP contribution in [0.3, 0.4) is 0 Å². The van der Waals surface area contributed by atoms with Gasteiger partial charge in [-0.15, -0.1) is 0 Å². The Morgan fingerprint density at radius 2 is 1.71 bits per heavy atom. The number of piperazine rings is 1. The first-order valence-corrected chi connectivity index (χ1v) is 10.5. The number of imide groups is 1. The van der Waals surface area contributed by atoms with Gasteiger partial charge < -0.3 is 4.90 Å². The molecule has 13 heteroatoms. The SMILES string of the molecule is O=C1CC(N2CCN(c3ccc(C(F)(F)F)cc3[N+](=O)[O-])CC2)C(=O)N1c1ccc(F)c(Cl)c1. The molecule has 2 fully saturated rings. The molecule has 2 saturated heterocycles. The van der Waals surface area contributed by atoms with Gasteiger partial charge in [-0.1, -0.05) is 11.6 Å². The summed E-state index contributed by atoms with van der Waals surface area (Å²) >= 11 is 5.77. The number of nitro benzene ring substituents is 1. The molecule has 0 radical (unpaired) electrons. The van der Waals surface area contributed by atoms with Gasteiger partial charge in [0.2, 0.25) is 5.91 Å². The van der Waals surface area contributed by atoms with Crippen molar-refractivity contribution in [3.63, 3.8) is 0 Å². The summed E-state index contributed by atoms with van der Waals surface area (Å²) in [5, 5.41) is 11.2. The molecule has 1 atom stereocenters. The number of nitro groups is 1. The molecular weight excluding hydrogens is 484 g/mol. The molecule has 0 bridgehead atoms. The van der Waals surface area contributed by atoms with Crippen LogP contribution in [0.25, 0.3) is 0 Å². The summed E-state index contributed by atoms with van der Waals surface area (Å²) in [6.45, 7) is 0.902. The quantitative estimate of drug-likeness (QED) is 0.274. The monoisotopic (exact) mass is 500 g/mol. The minimum atomic E-state index is -4.71. The van der Waals surface area contributed by atoms with Gasteiger partial charge in [-0.3, -0.25) is 24.6 Å². The average molecular weight is 501 g/mol. The fourth-order valence-electron chi connectivity index (χ4n) is 4.18. The van der Waals surface area contributed by atoms with Gasteiger partial charge in [0, 0.05) is 32.2 Å². The molecule has 180 valence electrons. The van der Waals surface area contributed by atoms with Crippen molar-refractivity contribution in [1.29, 1.82) is 0 Å². The molecule has 8 nitrogen and oxygen atoms in total. The number of rotatable bonds is 4. The second kappa shape index (κ2) is 8.84. The van der Waals surface area contributed by atoms with Gasteiger partial charge in [0.05, 0.1) is 33.7 Å². The molecule has 2 aliphatic heterocycles. The molecule has 4 rings (SSSR count). The van der Waals surface area contributed by atoms with Crippen LogP contribution >= 0.6 is 11.6 Å². The second-order valence-electron chi connectivity index (χ2n) is 7.87. The maximum Gasteiger partial charge on any atom is 0.416 e. The first-order valence-electron chi connectivity index (χ1n) is 10.1. The first-order chi connectivity index (χ1) is 16.0. The van der Waals surface area contributed by atoms with E-state index < -0.39 is 46.0 Å². The van der Waals surface area contributed by atoms with Crippen LogP contribution in [-0.4, -0.2) is 53.9 Å². The van der Waals surface area contributed by atoms with E-state index in [0.717, 1.165) is 23.1 Å². The highest BCUT2D eigenvalue weighted by molar-refractivity contribution is 6.31. The largest absolute Gasteiger partial charge is 0.416 e. The maximum atomic E-state index is 13.5. The van der Waals surface area contributed by atoms with Crippen molar-refractivity contribution in [3.8, 4) is 0 Å². The van der Waals surface area contributed by atoms with Gasteiger partial charge in [0.25, 0.3) is 11.6 Å². The molecule has 2 aliphatic rings. The number of nitrogens with zero attached hydrogens (tertiary/aromatic N) is 4. The molecule has 0 N–H and O–H groups in total. The summed E-state index contributed by atoms with van der Waals surface area (Å²) in [6, 6.07) is 5.12. The van der Waals surface area contributed by atoms with E-state index in [4.69, 9.17) is 11.6 Å². The number of carbonyl (C=O) groups is 2. The van der Waals surface area contributed by atoms with E-state index in [0.29, 0.717) is 6.07 Å². The minimum Gasteiger partial charge on any atom is -0.363 e. The van der Waals surface area contributed by atoms with Crippen molar-refractivity contribution in [3.05, 3.63) is 62.9 Å². The van der Waals surface area contributed by atoms with Gasteiger partial charge in [0.15, 0.2) is 0 Å². The number of alkyl halides is 3. The summed E-state index contributed by atoms with van der Waals surface area (Å²) in [6.07, 6.45) is -4.81. The summed E-state index contributed by atoms with van der Waals surface area (Å²) in [7, 11) is 0. The number of benzene rings is 2. The fraction of sp³-hybridized carbons (Fsp3) is 0.333. The highest BCUT2D eigenvalue weighted by Crippen LogP contribution is 2.37. The normalized spacial score (nSPS) is 19.7. The molecule has 34 heavy (non-hydrogen) atoms. The molecule has 2 amide bonds. The van der Waals surface area contributed by atoms with E-state index in [1.165, 1.54) is 12.1 Å². The van der Waals surface area contributed by atoms with Crippen molar-refractivity contribution in [2.75, 3.05) is 36.0 Å². The highest BCUT2D eigenvalue weighted by Gasteiger charge is 2.44. The number of amides is 2. The van der Waals surface area contributed by atoms with Crippen molar-refractivity contribution >= 4 is 40.5 Å². The van der Waals surface area contributed by atoms with Gasteiger partial charge in [0.1, 0.15) is 11.5 Å². The molecule has 2 aromatic carbocycles. The Labute approximate surface area is 195 Å². The summed E-state index contributed by atoms with van der Waals surface area (Å²) in [4.78, 5) is 40.3. The van der Waals surface area contributed by atoms with Crippen LogP contribution in [0.2, 0.25) is 5.02 Å². The lowest BCUT2D eigenvalue weighted by Gasteiger charge is -2.37. The Morgan fingerprint density at radius 3 is 2.29 bits per heavy atom. The molecule has 2 aromatic rings. The van der Waals surface area contributed by atoms with Crippen molar-refractivity contribution in [1.82, 2.24) is 4.90 Å². The predicted molar refractivity (Wildman–Crippen MR) is 114 cm³/mol. The van der Waals surface area contributed by atoms with Crippen LogP contribution in [-0.2, 0) is 15.8 Å². The Morgan fingerprint density at radius 1 is 1.03 bits per heavy atom. The van der Waals surface area contributed by atoms with Gasteiger partial charge in [-0.2, -0.15) is 13.2 Å². The van der Waals surface area contributed by atoms with Gasteiger partial charge >= 0.3 is 6.18 Å². The van der Waals surface area contributed by atoms with E-state index >= 15 is 0 Å². The van der Waals surface area contributed by atoms with Crippen molar-refractivity contribution in [2.45, 2.75) is 18.6 Å². The molecule has 0 spiro atoms. The minimum absolute atomic E-state index is 0.0501. The fourth-order valence-corrected chi connectivity index (χ4v) is 4.36. The highest BCUT2D eigenvalue weighted by atomic mass is 35.5. The molecule has 0 aromatic heterocycles. The van der Waals surface area contributed by atoms with Crippen molar-refractivity contribution in [2.24, 2.45) is 0 Å². The van der Waals surface area contributed by atoms with E-state index in [1.54, 1.807) is 9.80 Å². The standard InChI is InChI=1S/C21H17ClF4N4O4/c22-14-10-13(2-3-15(14)23)29-19(31)11-18(20(29)32)28-7-5-27(6-8-28)16-4-1-12(21(24,25)26)9-17(16)30(33)34/h1-4,9-10,18H,5-8,11H2. The number of hydrogen-bond donors (Lipinski definition) is 0. The predicted octanol–water partition coefficient (Wildman–Crippen LogP) is 3.86. The van der Waals surface area contributed by atoms with E-state index in [9.17, 15) is 37.3 Å². The Balaban J connectivity index is 1.48. The summed E-state index contributed by atoms with van der Waals surface area (Å²) in [5.41, 5.74) is -1.57. The number of halogens is 5. The number of anilines is 2. The van der Waals surface area contributed by atoms with Crippen LogP contribution in [0, 0.1) is 15.9 Å². The summed E-state index contributed by atoms with van der Waals surface area (Å²) < 4.78 is 52.3. The molecule has 0 aliphatic carbocycles. The average Bonchev–Trinajstić information content (AvgIpc) is 3.08. The lowest BCUT2D eigenvalue weighted by molar-refractivity contribution is -0.384. The van der Waals surface area contributed by atoms with Crippen LogP contribution in [0.4, 0.5) is 34.6 Å². The second-order valence-corrected chi connectivity index (χ2v) is 8.27. The van der Waals surface area contributed by atoms with Gasteiger partial charge in [-0.25, -0.2) is 9.29 Å². The number of hydrogen-bond acceptors (Lipinski definition) is 6. The van der Waals surface area contributed by atoms with Crippen LogP contribution in [0.15, 0.2) is 36.4 Å². The van der Waals surface area contributed by atoms with Crippen LogP contribution in [0.1, 0.15) is 12.0 Å². The van der Waals surface area contributed by atoms with E-state index in [1.807, 2.05) is 0 Å². The Hall–Kier alpha value is -3.25. The maximum absolute atomic E-state index is 13.5. The third-order valence-electron chi connectivity index (χ3n) is 5.88. The zero-order valence-corrected chi connectivity index (χ0v) is 18.1. The molecule has 1 unspecified atom stereocenters. The zero-order valence-electron chi connectivity index (χ0n) is 17.4. The van der Waals surface area contributed by atoms with E-state index in [2.05, 4.69) is 0 Å². The van der Waals surface area contributed by atoms with Gasteiger partial charge in [-0.05, 0) is 30.3 Å². The van der Waals surface area contributed by atoms with Crippen molar-refractivity contribution < 1.29 is 32.1 Å². The number of carbonyl (C=O) groups excluding carboxylic acids is 2. The van der Waals surface area contributed by atoms with E-state index in [-0.39, 0.29) is 49.0 Å². The molecular formula is C21H17ClF4N4O4. The van der Waals surface area contributed by atoms with Crippen LogP contribution < -0.4 is 9.80 Å². The lowest BCUT2D eigenvalue weighted by Crippen LogP contribution is -2.52. The molecule has 2 heterocycles. The van der Waals surface area contributed by atoms with Crippen LogP contribution in [0.5, 0.6) is 0 Å². The zero-order chi connectivity index (χ0) is 24.8.